The van der Waals surface area contributed by atoms with Gasteiger partial charge in [0.25, 0.3) is 5.91 Å². The molecular formula is C26H23NO4. The van der Waals surface area contributed by atoms with Crippen molar-refractivity contribution in [2.45, 2.75) is 26.3 Å². The predicted octanol–water partition coefficient (Wildman–Crippen LogP) is 4.36. The lowest BCUT2D eigenvalue weighted by atomic mass is 9.98. The zero-order chi connectivity index (χ0) is 22.0. The van der Waals surface area contributed by atoms with E-state index in [0.717, 1.165) is 23.2 Å². The van der Waals surface area contributed by atoms with Crippen LogP contribution in [-0.2, 0) is 16.0 Å². The third-order valence-corrected chi connectivity index (χ3v) is 5.51. The molecule has 0 spiro atoms. The molecule has 5 heteroatoms. The Labute approximate surface area is 181 Å². The van der Waals surface area contributed by atoms with Crippen molar-refractivity contribution in [2.24, 2.45) is 0 Å². The second-order valence-corrected chi connectivity index (χ2v) is 7.76. The van der Waals surface area contributed by atoms with Crippen molar-refractivity contribution in [3.63, 3.8) is 0 Å². The molecule has 0 bridgehead atoms. The van der Waals surface area contributed by atoms with Crippen molar-refractivity contribution in [1.29, 1.82) is 0 Å². The topological polar surface area (TPSA) is 63.7 Å². The van der Waals surface area contributed by atoms with Crippen molar-refractivity contribution in [3.8, 4) is 0 Å². The van der Waals surface area contributed by atoms with Gasteiger partial charge in [0.2, 0.25) is 0 Å². The van der Waals surface area contributed by atoms with Gasteiger partial charge < -0.3 is 9.64 Å². The second kappa shape index (κ2) is 8.56. The number of ketones is 1. The fourth-order valence-electron chi connectivity index (χ4n) is 3.94. The highest BCUT2D eigenvalue weighted by molar-refractivity contribution is 6.14. The molecule has 3 aromatic rings. The van der Waals surface area contributed by atoms with Gasteiger partial charge in [-0.2, -0.15) is 0 Å². The first-order valence-electron chi connectivity index (χ1n) is 10.2. The molecule has 1 amide bonds. The van der Waals surface area contributed by atoms with Gasteiger partial charge in [-0.05, 0) is 38.0 Å². The number of nitrogens with zero attached hydrogens (tertiary/aromatic N) is 1. The monoisotopic (exact) mass is 413 g/mol. The highest BCUT2D eigenvalue weighted by atomic mass is 16.5. The molecule has 4 rings (SSSR count). The fourth-order valence-corrected chi connectivity index (χ4v) is 3.94. The van der Waals surface area contributed by atoms with Crippen molar-refractivity contribution < 1.29 is 19.1 Å². The van der Waals surface area contributed by atoms with Gasteiger partial charge in [-0.15, -0.1) is 0 Å². The van der Waals surface area contributed by atoms with E-state index in [9.17, 15) is 14.4 Å². The van der Waals surface area contributed by atoms with Gasteiger partial charge in [-0.1, -0.05) is 66.2 Å². The van der Waals surface area contributed by atoms with Crippen LogP contribution in [0.1, 0.15) is 44.3 Å². The number of aryl methyl sites for hydroxylation is 1. The van der Waals surface area contributed by atoms with Crippen LogP contribution < -0.4 is 4.90 Å². The summed E-state index contributed by atoms with van der Waals surface area (Å²) < 4.78 is 5.33. The van der Waals surface area contributed by atoms with Gasteiger partial charge >= 0.3 is 5.97 Å². The molecule has 1 atom stereocenters. The first-order chi connectivity index (χ1) is 15.0. The number of rotatable bonds is 5. The summed E-state index contributed by atoms with van der Waals surface area (Å²) in [4.78, 5) is 40.2. The Hall–Kier alpha value is -3.73. The van der Waals surface area contributed by atoms with Crippen LogP contribution in [0.15, 0.2) is 72.8 Å². The number of benzene rings is 3. The van der Waals surface area contributed by atoms with Crippen LogP contribution in [-0.4, -0.2) is 30.3 Å². The lowest BCUT2D eigenvalue weighted by Gasteiger charge is -2.22. The summed E-state index contributed by atoms with van der Waals surface area (Å²) in [6, 6.07) is 21.4. The summed E-state index contributed by atoms with van der Waals surface area (Å²) in [5, 5.41) is 0. The molecule has 0 aromatic heterocycles. The summed E-state index contributed by atoms with van der Waals surface area (Å²) in [5.74, 6) is -1.24. The van der Waals surface area contributed by atoms with Crippen LogP contribution in [0, 0.1) is 6.92 Å². The van der Waals surface area contributed by atoms with Crippen molar-refractivity contribution in [1.82, 2.24) is 0 Å². The Balaban J connectivity index is 1.49. The van der Waals surface area contributed by atoms with Crippen LogP contribution in [0.4, 0.5) is 5.69 Å². The van der Waals surface area contributed by atoms with Gasteiger partial charge in [0.05, 0.1) is 5.56 Å². The minimum atomic E-state index is -0.690. The molecule has 0 saturated heterocycles. The molecule has 1 heterocycles. The first-order valence-corrected chi connectivity index (χ1v) is 10.2. The number of amides is 1. The van der Waals surface area contributed by atoms with Crippen LogP contribution in [0.25, 0.3) is 0 Å². The van der Waals surface area contributed by atoms with E-state index >= 15 is 0 Å². The molecule has 0 fully saturated rings. The SMILES string of the molecule is Cc1ccc(C(=O)c2ccccc2C(=O)OCC(=O)N2c3ccccc3C[C@H]2C)cc1. The number of hydrogen-bond donors (Lipinski definition) is 0. The van der Waals surface area contributed by atoms with E-state index < -0.39 is 5.97 Å². The lowest BCUT2D eigenvalue weighted by Crippen LogP contribution is -2.38. The van der Waals surface area contributed by atoms with Gasteiger partial charge in [-0.3, -0.25) is 9.59 Å². The average molecular weight is 413 g/mol. The Morgan fingerprint density at radius 3 is 2.29 bits per heavy atom. The number of para-hydroxylation sites is 1. The Morgan fingerprint density at radius 2 is 1.55 bits per heavy atom. The number of fused-ring (bicyclic) bond motifs is 1. The Bertz CT molecular complexity index is 1150. The highest BCUT2D eigenvalue weighted by Gasteiger charge is 2.31. The van der Waals surface area contributed by atoms with Crippen LogP contribution >= 0.6 is 0 Å². The molecule has 0 radical (unpaired) electrons. The zero-order valence-corrected chi connectivity index (χ0v) is 17.5. The molecule has 0 aliphatic carbocycles. The lowest BCUT2D eigenvalue weighted by molar-refractivity contribution is -0.122. The van der Waals surface area contributed by atoms with Crippen LogP contribution in [0.5, 0.6) is 0 Å². The molecule has 3 aromatic carbocycles. The number of ether oxygens (including phenoxy) is 1. The van der Waals surface area contributed by atoms with E-state index in [0.29, 0.717) is 5.56 Å². The summed E-state index contributed by atoms with van der Waals surface area (Å²) in [6.45, 7) is 3.52. The highest BCUT2D eigenvalue weighted by Crippen LogP contribution is 2.31. The fraction of sp³-hybridized carbons (Fsp3) is 0.192. The molecule has 1 aliphatic rings. The van der Waals surface area contributed by atoms with Gasteiger partial charge in [0, 0.05) is 22.9 Å². The number of esters is 1. The first kappa shape index (κ1) is 20.5. The molecule has 5 nitrogen and oxygen atoms in total. The number of hydrogen-bond acceptors (Lipinski definition) is 4. The zero-order valence-electron chi connectivity index (χ0n) is 17.5. The molecule has 0 N–H and O–H groups in total. The summed E-state index contributed by atoms with van der Waals surface area (Å²) >= 11 is 0. The maximum atomic E-state index is 12.9. The minimum Gasteiger partial charge on any atom is -0.452 e. The third-order valence-electron chi connectivity index (χ3n) is 5.51. The van der Waals surface area contributed by atoms with Gasteiger partial charge in [-0.25, -0.2) is 4.79 Å². The van der Waals surface area contributed by atoms with E-state index in [-0.39, 0.29) is 35.5 Å². The van der Waals surface area contributed by atoms with Gasteiger partial charge in [0.1, 0.15) is 0 Å². The summed E-state index contributed by atoms with van der Waals surface area (Å²) in [7, 11) is 0. The largest absolute Gasteiger partial charge is 0.452 e. The Kier molecular flexibility index (Phi) is 5.67. The number of carbonyl (C=O) groups excluding carboxylic acids is 3. The van der Waals surface area contributed by atoms with E-state index in [2.05, 4.69) is 0 Å². The normalized spacial score (nSPS) is 14.8. The molecule has 0 unspecified atom stereocenters. The van der Waals surface area contributed by atoms with E-state index in [4.69, 9.17) is 4.74 Å². The standard InChI is InChI=1S/C26H23NO4/c1-17-11-13-19(14-12-17)25(29)21-8-4-5-9-22(21)26(30)31-16-24(28)27-18(2)15-20-7-3-6-10-23(20)27/h3-14,18H,15-16H2,1-2H3/t18-/m1/s1. The number of carbonyl (C=O) groups is 3. The average Bonchev–Trinajstić information content (AvgIpc) is 3.13. The van der Waals surface area contributed by atoms with Crippen LogP contribution in [0.3, 0.4) is 0 Å². The van der Waals surface area contributed by atoms with E-state index in [1.165, 1.54) is 0 Å². The molecule has 0 saturated carbocycles. The van der Waals surface area contributed by atoms with E-state index in [1.54, 1.807) is 41.3 Å². The van der Waals surface area contributed by atoms with Crippen molar-refractivity contribution in [2.75, 3.05) is 11.5 Å². The van der Waals surface area contributed by atoms with Crippen molar-refractivity contribution >= 4 is 23.3 Å². The second-order valence-electron chi connectivity index (χ2n) is 7.76. The quantitative estimate of drug-likeness (QED) is 0.461. The molecule has 156 valence electrons. The predicted molar refractivity (Wildman–Crippen MR) is 118 cm³/mol. The maximum absolute atomic E-state index is 12.9. The minimum absolute atomic E-state index is 0.000923. The number of anilines is 1. The van der Waals surface area contributed by atoms with Gasteiger partial charge in [0.15, 0.2) is 12.4 Å². The molecule has 31 heavy (non-hydrogen) atoms. The van der Waals surface area contributed by atoms with Crippen LogP contribution in [0.2, 0.25) is 0 Å². The van der Waals surface area contributed by atoms with E-state index in [1.807, 2.05) is 50.2 Å². The van der Waals surface area contributed by atoms with Crippen molar-refractivity contribution in [3.05, 3.63) is 101 Å². The molecule has 1 aliphatic heterocycles. The molecular weight excluding hydrogens is 390 g/mol. The summed E-state index contributed by atoms with van der Waals surface area (Å²) in [5.41, 5.74) is 3.89. The smallest absolute Gasteiger partial charge is 0.339 e. The summed E-state index contributed by atoms with van der Waals surface area (Å²) in [6.07, 6.45) is 0.768. The maximum Gasteiger partial charge on any atom is 0.339 e. The Morgan fingerprint density at radius 1 is 0.903 bits per heavy atom. The third kappa shape index (κ3) is 4.12.